The summed E-state index contributed by atoms with van der Waals surface area (Å²) in [6.45, 7) is 13.3. The molecule has 0 amide bonds. The van der Waals surface area contributed by atoms with E-state index in [1.54, 1.807) is 0 Å². The van der Waals surface area contributed by atoms with E-state index >= 15 is 0 Å². The highest BCUT2D eigenvalue weighted by Crippen LogP contribution is 2.06. The molecule has 0 aliphatic carbocycles. The maximum Gasteiger partial charge on any atom is 0.0771 e. The Morgan fingerprint density at radius 3 is 2.45 bits per heavy atom. The van der Waals surface area contributed by atoms with Crippen LogP contribution in [0, 0.1) is 0 Å². The lowest BCUT2D eigenvalue weighted by molar-refractivity contribution is 0.0381. The van der Waals surface area contributed by atoms with Crippen LogP contribution in [-0.2, 0) is 4.74 Å². The van der Waals surface area contributed by atoms with E-state index in [0.717, 1.165) is 46.1 Å². The van der Waals surface area contributed by atoms with Crippen LogP contribution in [0.15, 0.2) is 12.7 Å². The first-order chi connectivity index (χ1) is 9.88. The minimum atomic E-state index is 0.206. The van der Waals surface area contributed by atoms with Gasteiger partial charge in [-0.05, 0) is 25.9 Å². The second-order valence-electron chi connectivity index (χ2n) is 5.66. The first kappa shape index (κ1) is 15.9. The number of hydrogen-bond acceptors (Lipinski definition) is 5. The molecule has 1 unspecified atom stereocenters. The largest absolute Gasteiger partial charge is 0.379 e. The van der Waals surface area contributed by atoms with Crippen molar-refractivity contribution < 1.29 is 4.74 Å². The molecule has 0 saturated carbocycles. The molecule has 0 aromatic heterocycles. The van der Waals surface area contributed by atoms with Crippen molar-refractivity contribution in [2.75, 3.05) is 59.2 Å². The molecule has 2 aliphatic rings. The van der Waals surface area contributed by atoms with Gasteiger partial charge in [0.1, 0.15) is 0 Å². The van der Waals surface area contributed by atoms with Gasteiger partial charge in [0.2, 0.25) is 0 Å². The minimum absolute atomic E-state index is 0.206. The lowest BCUT2D eigenvalue weighted by Gasteiger charge is -2.30. The molecule has 2 saturated heterocycles. The van der Waals surface area contributed by atoms with Gasteiger partial charge in [-0.25, -0.2) is 0 Å². The van der Waals surface area contributed by atoms with Gasteiger partial charge in [-0.3, -0.25) is 20.4 Å². The Morgan fingerprint density at radius 2 is 1.75 bits per heavy atom. The maximum absolute atomic E-state index is 5.36. The number of ether oxygens (including phenoxy) is 1. The fraction of sp³-hybridized carbons (Fsp3) is 0.867. The summed E-state index contributed by atoms with van der Waals surface area (Å²) in [5.74, 6) is 0. The molecule has 0 bridgehead atoms. The Balaban J connectivity index is 1.55. The molecule has 0 radical (unpaired) electrons. The Bertz CT molecular complexity index is 263. The molecule has 1 atom stereocenters. The van der Waals surface area contributed by atoms with Gasteiger partial charge in [-0.15, -0.1) is 6.58 Å². The van der Waals surface area contributed by atoms with E-state index in [4.69, 9.17) is 4.74 Å². The zero-order valence-corrected chi connectivity index (χ0v) is 12.6. The zero-order valence-electron chi connectivity index (χ0n) is 12.6. The highest BCUT2D eigenvalue weighted by molar-refractivity contribution is 4.84. The predicted molar refractivity (Wildman–Crippen MR) is 82.7 cm³/mol. The van der Waals surface area contributed by atoms with E-state index in [1.165, 1.54) is 32.4 Å². The van der Waals surface area contributed by atoms with Crippen LogP contribution in [0.25, 0.3) is 0 Å². The third-order valence-corrected chi connectivity index (χ3v) is 4.12. The average Bonchev–Trinajstić information content (AvgIpc) is 2.52. The number of morpholine rings is 1. The van der Waals surface area contributed by atoms with Crippen molar-refractivity contribution in [3.8, 4) is 0 Å². The van der Waals surface area contributed by atoms with Crippen molar-refractivity contribution in [2.45, 2.75) is 25.4 Å². The van der Waals surface area contributed by atoms with E-state index in [0.29, 0.717) is 0 Å². The Labute approximate surface area is 123 Å². The summed E-state index contributed by atoms with van der Waals surface area (Å²) in [6, 6.07) is 0. The standard InChI is InChI=1S/C15H30N4O/c1-2-15(17-14-19-7-4-3-5-8-19)16-6-9-18-10-12-20-13-11-18/h2,15-17H,1,3-14H2. The molecule has 5 heteroatoms. The molecular formula is C15H30N4O. The summed E-state index contributed by atoms with van der Waals surface area (Å²) in [7, 11) is 0. The lowest BCUT2D eigenvalue weighted by Crippen LogP contribution is -2.49. The van der Waals surface area contributed by atoms with Gasteiger partial charge < -0.3 is 4.74 Å². The lowest BCUT2D eigenvalue weighted by atomic mass is 10.1. The predicted octanol–water partition coefficient (Wildman–Crippen LogP) is 0.453. The molecule has 5 nitrogen and oxygen atoms in total. The van der Waals surface area contributed by atoms with Crippen molar-refractivity contribution in [1.29, 1.82) is 0 Å². The topological polar surface area (TPSA) is 39.8 Å². The summed E-state index contributed by atoms with van der Waals surface area (Å²) in [5.41, 5.74) is 0. The van der Waals surface area contributed by atoms with Crippen molar-refractivity contribution in [3.05, 3.63) is 12.7 Å². The third kappa shape index (κ3) is 5.89. The second-order valence-corrected chi connectivity index (χ2v) is 5.66. The smallest absolute Gasteiger partial charge is 0.0771 e. The number of likely N-dealkylation sites (tertiary alicyclic amines) is 1. The van der Waals surface area contributed by atoms with Crippen LogP contribution in [0.4, 0.5) is 0 Å². The number of nitrogens with zero attached hydrogens (tertiary/aromatic N) is 2. The SMILES string of the molecule is C=CC(NCCN1CCOCC1)NCN1CCCCC1. The van der Waals surface area contributed by atoms with Gasteiger partial charge in [0.25, 0.3) is 0 Å². The van der Waals surface area contributed by atoms with Crippen LogP contribution in [0.2, 0.25) is 0 Å². The quantitative estimate of drug-likeness (QED) is 0.500. The van der Waals surface area contributed by atoms with Crippen molar-refractivity contribution in [3.63, 3.8) is 0 Å². The molecule has 0 aromatic rings. The summed E-state index contributed by atoms with van der Waals surface area (Å²) >= 11 is 0. The molecule has 2 aliphatic heterocycles. The fourth-order valence-electron chi connectivity index (χ4n) is 2.79. The number of piperidine rings is 1. The molecule has 2 fully saturated rings. The van der Waals surface area contributed by atoms with E-state index in [-0.39, 0.29) is 6.17 Å². The Kier molecular flexibility index (Phi) is 7.54. The van der Waals surface area contributed by atoms with Crippen LogP contribution in [0.5, 0.6) is 0 Å². The molecule has 116 valence electrons. The van der Waals surface area contributed by atoms with Gasteiger partial charge in [-0.1, -0.05) is 12.5 Å². The van der Waals surface area contributed by atoms with Crippen LogP contribution in [-0.4, -0.2) is 75.1 Å². The van der Waals surface area contributed by atoms with Crippen LogP contribution < -0.4 is 10.6 Å². The highest BCUT2D eigenvalue weighted by atomic mass is 16.5. The summed E-state index contributed by atoms with van der Waals surface area (Å²) in [6.07, 6.45) is 6.23. The van der Waals surface area contributed by atoms with E-state index in [9.17, 15) is 0 Å². The minimum Gasteiger partial charge on any atom is -0.379 e. The van der Waals surface area contributed by atoms with Crippen molar-refractivity contribution in [1.82, 2.24) is 20.4 Å². The van der Waals surface area contributed by atoms with E-state index in [2.05, 4.69) is 27.0 Å². The number of nitrogens with one attached hydrogen (secondary N) is 2. The molecule has 20 heavy (non-hydrogen) atoms. The zero-order chi connectivity index (χ0) is 14.0. The molecule has 2 heterocycles. The number of hydrogen-bond donors (Lipinski definition) is 2. The average molecular weight is 282 g/mol. The number of rotatable bonds is 8. The molecule has 0 spiro atoms. The van der Waals surface area contributed by atoms with Gasteiger partial charge in [0.15, 0.2) is 0 Å². The van der Waals surface area contributed by atoms with Gasteiger partial charge in [0.05, 0.1) is 19.4 Å². The highest BCUT2D eigenvalue weighted by Gasteiger charge is 2.12. The van der Waals surface area contributed by atoms with Gasteiger partial charge in [0, 0.05) is 32.8 Å². The second kappa shape index (κ2) is 9.47. The Hall–Kier alpha value is -0.460. The van der Waals surface area contributed by atoms with Crippen molar-refractivity contribution >= 4 is 0 Å². The van der Waals surface area contributed by atoms with E-state index in [1.807, 2.05) is 6.08 Å². The molecule has 2 N–H and O–H groups in total. The first-order valence-corrected chi connectivity index (χ1v) is 8.00. The fourth-order valence-corrected chi connectivity index (χ4v) is 2.79. The van der Waals surface area contributed by atoms with Crippen LogP contribution in [0.1, 0.15) is 19.3 Å². The summed E-state index contributed by atoms with van der Waals surface area (Å²) in [5, 5.41) is 7.05. The van der Waals surface area contributed by atoms with Crippen LogP contribution in [0.3, 0.4) is 0 Å². The third-order valence-electron chi connectivity index (χ3n) is 4.12. The molecule has 0 aromatic carbocycles. The van der Waals surface area contributed by atoms with Crippen LogP contribution >= 0.6 is 0 Å². The van der Waals surface area contributed by atoms with Gasteiger partial charge in [-0.2, -0.15) is 0 Å². The van der Waals surface area contributed by atoms with Gasteiger partial charge >= 0.3 is 0 Å². The van der Waals surface area contributed by atoms with E-state index < -0.39 is 0 Å². The summed E-state index contributed by atoms with van der Waals surface area (Å²) in [4.78, 5) is 4.94. The monoisotopic (exact) mass is 282 g/mol. The normalized spacial score (nSPS) is 23.6. The summed E-state index contributed by atoms with van der Waals surface area (Å²) < 4.78 is 5.36. The van der Waals surface area contributed by atoms with Crippen molar-refractivity contribution in [2.24, 2.45) is 0 Å². The maximum atomic E-state index is 5.36. The molecule has 2 rings (SSSR count). The Morgan fingerprint density at radius 1 is 1.00 bits per heavy atom. The first-order valence-electron chi connectivity index (χ1n) is 8.00. The molecular weight excluding hydrogens is 252 g/mol.